The van der Waals surface area contributed by atoms with Crippen LogP contribution in [0.5, 0.6) is 0 Å². The zero-order chi connectivity index (χ0) is 12.5. The van der Waals surface area contributed by atoms with E-state index in [0.29, 0.717) is 38.8 Å². The first-order valence-electron chi connectivity index (χ1n) is 6.08. The van der Waals surface area contributed by atoms with Crippen LogP contribution < -0.4 is 5.73 Å². The Morgan fingerprint density at radius 2 is 1.94 bits per heavy atom. The molecule has 2 N–H and O–H groups in total. The SMILES string of the molecule is CN(C(CN)C1CC1)S(=O)(=O)N1CCOCC1.Cl. The first-order chi connectivity index (χ1) is 8.07. The van der Waals surface area contributed by atoms with Crippen LogP contribution >= 0.6 is 12.4 Å². The highest BCUT2D eigenvalue weighted by molar-refractivity contribution is 7.86. The van der Waals surface area contributed by atoms with Gasteiger partial charge in [0.15, 0.2) is 0 Å². The van der Waals surface area contributed by atoms with Crippen molar-refractivity contribution in [2.24, 2.45) is 11.7 Å². The van der Waals surface area contributed by atoms with Crippen molar-refractivity contribution in [2.45, 2.75) is 18.9 Å². The van der Waals surface area contributed by atoms with Crippen molar-refractivity contribution in [2.75, 3.05) is 39.9 Å². The number of ether oxygens (including phenoxy) is 1. The predicted octanol–water partition coefficient (Wildman–Crippen LogP) is -0.346. The lowest BCUT2D eigenvalue weighted by molar-refractivity contribution is 0.0697. The van der Waals surface area contributed by atoms with Crippen LogP contribution in [-0.2, 0) is 14.9 Å². The molecule has 0 amide bonds. The Bertz CT molecular complexity index is 355. The van der Waals surface area contributed by atoms with Gasteiger partial charge < -0.3 is 10.5 Å². The maximum atomic E-state index is 12.4. The first kappa shape index (κ1) is 16.1. The molecule has 2 rings (SSSR count). The molecule has 1 saturated carbocycles. The van der Waals surface area contributed by atoms with Crippen molar-refractivity contribution in [1.29, 1.82) is 0 Å². The van der Waals surface area contributed by atoms with Gasteiger partial charge in [-0.05, 0) is 18.8 Å². The lowest BCUT2D eigenvalue weighted by Crippen LogP contribution is -2.52. The van der Waals surface area contributed by atoms with Gasteiger partial charge in [0.2, 0.25) is 0 Å². The zero-order valence-corrected chi connectivity index (χ0v) is 12.3. The second-order valence-electron chi connectivity index (χ2n) is 4.68. The van der Waals surface area contributed by atoms with Gasteiger partial charge in [0.25, 0.3) is 10.2 Å². The molecule has 1 aliphatic carbocycles. The Morgan fingerprint density at radius 3 is 2.39 bits per heavy atom. The second kappa shape index (κ2) is 6.49. The Kier molecular flexibility index (Phi) is 5.82. The third-order valence-electron chi connectivity index (χ3n) is 3.53. The van der Waals surface area contributed by atoms with Gasteiger partial charge in [0, 0.05) is 32.7 Å². The van der Waals surface area contributed by atoms with Crippen molar-refractivity contribution < 1.29 is 13.2 Å². The summed E-state index contributed by atoms with van der Waals surface area (Å²) in [7, 11) is -1.73. The molecule has 18 heavy (non-hydrogen) atoms. The van der Waals surface area contributed by atoms with Crippen molar-refractivity contribution in [3.05, 3.63) is 0 Å². The van der Waals surface area contributed by atoms with E-state index in [1.165, 1.54) is 8.61 Å². The molecule has 2 fully saturated rings. The minimum Gasteiger partial charge on any atom is -0.379 e. The molecule has 1 heterocycles. The maximum Gasteiger partial charge on any atom is 0.282 e. The van der Waals surface area contributed by atoms with Crippen LogP contribution in [0.4, 0.5) is 0 Å². The summed E-state index contributed by atoms with van der Waals surface area (Å²) in [6.45, 7) is 2.22. The number of hydrogen-bond acceptors (Lipinski definition) is 4. The third-order valence-corrected chi connectivity index (χ3v) is 5.55. The van der Waals surface area contributed by atoms with Crippen molar-refractivity contribution in [3.8, 4) is 0 Å². The average molecular weight is 300 g/mol. The molecule has 1 saturated heterocycles. The van der Waals surface area contributed by atoms with Crippen LogP contribution in [-0.4, -0.2) is 63.0 Å². The molecule has 0 spiro atoms. The molecule has 6 nitrogen and oxygen atoms in total. The average Bonchev–Trinajstić information content (AvgIpc) is 3.15. The molecule has 1 aliphatic heterocycles. The summed E-state index contributed by atoms with van der Waals surface area (Å²) in [5, 5.41) is 0. The molecule has 108 valence electrons. The number of halogens is 1. The Hall–Kier alpha value is 0.0800. The summed E-state index contributed by atoms with van der Waals surface area (Å²) in [5.74, 6) is 0.445. The van der Waals surface area contributed by atoms with Gasteiger partial charge in [-0.15, -0.1) is 12.4 Å². The number of nitrogens with zero attached hydrogens (tertiary/aromatic N) is 2. The number of nitrogens with two attached hydrogens (primary N) is 1. The molecule has 0 bridgehead atoms. The van der Waals surface area contributed by atoms with E-state index < -0.39 is 10.2 Å². The lowest BCUT2D eigenvalue weighted by Gasteiger charge is -2.34. The summed E-state index contributed by atoms with van der Waals surface area (Å²) in [6, 6.07) is -0.0529. The van der Waals surface area contributed by atoms with Crippen LogP contribution in [0.2, 0.25) is 0 Å². The van der Waals surface area contributed by atoms with Gasteiger partial charge in [-0.3, -0.25) is 0 Å². The standard InChI is InChI=1S/C10H21N3O3S.ClH/c1-12(10(8-11)9-2-3-9)17(14,15)13-4-6-16-7-5-13;/h9-10H,2-8,11H2,1H3;1H. The molecule has 0 aromatic rings. The third kappa shape index (κ3) is 3.34. The van der Waals surface area contributed by atoms with Crippen molar-refractivity contribution in [3.63, 3.8) is 0 Å². The van der Waals surface area contributed by atoms with Gasteiger partial charge in [-0.1, -0.05) is 0 Å². The highest BCUT2D eigenvalue weighted by Gasteiger charge is 2.40. The normalized spacial score (nSPS) is 23.7. The smallest absolute Gasteiger partial charge is 0.282 e. The molecule has 0 radical (unpaired) electrons. The monoisotopic (exact) mass is 299 g/mol. The van der Waals surface area contributed by atoms with E-state index in [1.54, 1.807) is 7.05 Å². The Balaban J connectivity index is 0.00000162. The summed E-state index contributed by atoms with van der Waals surface area (Å²) in [6.07, 6.45) is 2.18. The minimum absolute atomic E-state index is 0. The quantitative estimate of drug-likeness (QED) is 0.753. The summed E-state index contributed by atoms with van der Waals surface area (Å²) >= 11 is 0. The molecular weight excluding hydrogens is 278 g/mol. The predicted molar refractivity (Wildman–Crippen MR) is 71.9 cm³/mol. The van der Waals surface area contributed by atoms with E-state index in [1.807, 2.05) is 0 Å². The molecule has 8 heteroatoms. The van der Waals surface area contributed by atoms with Crippen LogP contribution in [0.3, 0.4) is 0 Å². The van der Waals surface area contributed by atoms with E-state index in [2.05, 4.69) is 0 Å². The molecule has 1 atom stereocenters. The van der Waals surface area contributed by atoms with Gasteiger partial charge in [0.05, 0.1) is 13.2 Å². The summed E-state index contributed by atoms with van der Waals surface area (Å²) in [5.41, 5.74) is 5.69. The van der Waals surface area contributed by atoms with Gasteiger partial charge >= 0.3 is 0 Å². The van der Waals surface area contributed by atoms with Crippen LogP contribution in [0.1, 0.15) is 12.8 Å². The maximum absolute atomic E-state index is 12.4. The molecule has 0 aromatic carbocycles. The number of rotatable bonds is 5. The topological polar surface area (TPSA) is 75.9 Å². The Labute approximate surface area is 115 Å². The highest BCUT2D eigenvalue weighted by Crippen LogP contribution is 2.35. The van der Waals surface area contributed by atoms with E-state index in [9.17, 15) is 8.42 Å². The van der Waals surface area contributed by atoms with E-state index in [0.717, 1.165) is 12.8 Å². The van der Waals surface area contributed by atoms with Crippen molar-refractivity contribution in [1.82, 2.24) is 8.61 Å². The van der Waals surface area contributed by atoms with E-state index >= 15 is 0 Å². The minimum atomic E-state index is -3.37. The lowest BCUT2D eigenvalue weighted by atomic mass is 10.2. The number of hydrogen-bond donors (Lipinski definition) is 1. The van der Waals surface area contributed by atoms with Crippen LogP contribution in [0, 0.1) is 5.92 Å². The molecule has 0 aromatic heterocycles. The highest BCUT2D eigenvalue weighted by atomic mass is 35.5. The van der Waals surface area contributed by atoms with Gasteiger partial charge in [-0.25, -0.2) is 0 Å². The van der Waals surface area contributed by atoms with Crippen LogP contribution in [0.15, 0.2) is 0 Å². The fourth-order valence-electron chi connectivity index (χ4n) is 2.25. The molecular formula is C10H22ClN3O3S. The first-order valence-corrected chi connectivity index (χ1v) is 7.48. The van der Waals surface area contributed by atoms with E-state index in [4.69, 9.17) is 10.5 Å². The zero-order valence-electron chi connectivity index (χ0n) is 10.6. The van der Waals surface area contributed by atoms with Crippen LogP contribution in [0.25, 0.3) is 0 Å². The summed E-state index contributed by atoms with van der Waals surface area (Å²) in [4.78, 5) is 0. The van der Waals surface area contributed by atoms with Crippen molar-refractivity contribution >= 4 is 22.6 Å². The van der Waals surface area contributed by atoms with Gasteiger partial charge in [-0.2, -0.15) is 17.0 Å². The fourth-order valence-corrected chi connectivity index (χ4v) is 3.82. The fraction of sp³-hybridized carbons (Fsp3) is 1.00. The second-order valence-corrected chi connectivity index (χ2v) is 6.66. The largest absolute Gasteiger partial charge is 0.379 e. The molecule has 1 unspecified atom stereocenters. The number of likely N-dealkylation sites (N-methyl/N-ethyl adjacent to an activating group) is 1. The summed E-state index contributed by atoms with van der Waals surface area (Å²) < 4.78 is 32.8. The Morgan fingerprint density at radius 1 is 1.39 bits per heavy atom. The van der Waals surface area contributed by atoms with E-state index in [-0.39, 0.29) is 18.4 Å². The number of morpholine rings is 1. The van der Waals surface area contributed by atoms with Gasteiger partial charge in [0.1, 0.15) is 0 Å². The molecule has 2 aliphatic rings.